The Bertz CT molecular complexity index is 314. The Morgan fingerprint density at radius 2 is 2.06 bits per heavy atom. The van der Waals surface area contributed by atoms with E-state index in [1.54, 1.807) is 11.3 Å². The Hall–Kier alpha value is -0.0500. The second kappa shape index (κ2) is 6.04. The van der Waals surface area contributed by atoms with Gasteiger partial charge in [-0.25, -0.2) is 0 Å². The Morgan fingerprint density at radius 1 is 1.38 bits per heavy atom. The SMILES string of the molecule is CNC(CCCc1ccc(Cl)s1)C(C)(C)C. The molecule has 1 rings (SSSR count). The van der Waals surface area contributed by atoms with Gasteiger partial charge in [0.05, 0.1) is 4.34 Å². The normalized spacial score (nSPS) is 14.1. The first-order chi connectivity index (χ1) is 7.43. The standard InChI is InChI=1S/C13H22ClNS/c1-13(2,3)11(15-4)7-5-6-10-8-9-12(14)16-10/h8-9,11,15H,5-7H2,1-4H3. The molecule has 92 valence electrons. The van der Waals surface area contributed by atoms with Crippen molar-refractivity contribution in [2.45, 2.75) is 46.1 Å². The number of thiophene rings is 1. The van der Waals surface area contributed by atoms with Gasteiger partial charge >= 0.3 is 0 Å². The van der Waals surface area contributed by atoms with E-state index in [4.69, 9.17) is 11.6 Å². The van der Waals surface area contributed by atoms with E-state index in [0.717, 1.165) is 10.8 Å². The highest BCUT2D eigenvalue weighted by molar-refractivity contribution is 7.16. The maximum absolute atomic E-state index is 5.91. The zero-order valence-electron chi connectivity index (χ0n) is 10.6. The summed E-state index contributed by atoms with van der Waals surface area (Å²) in [6, 6.07) is 4.71. The minimum absolute atomic E-state index is 0.335. The second-order valence-electron chi connectivity index (χ2n) is 5.31. The predicted molar refractivity (Wildman–Crippen MR) is 74.6 cm³/mol. The fourth-order valence-electron chi connectivity index (χ4n) is 1.98. The minimum Gasteiger partial charge on any atom is -0.316 e. The van der Waals surface area contributed by atoms with Crippen LogP contribution in [-0.2, 0) is 6.42 Å². The van der Waals surface area contributed by atoms with Crippen LogP contribution in [0, 0.1) is 5.41 Å². The van der Waals surface area contributed by atoms with Gasteiger partial charge in [-0.2, -0.15) is 0 Å². The van der Waals surface area contributed by atoms with Crippen LogP contribution >= 0.6 is 22.9 Å². The Morgan fingerprint density at radius 3 is 2.50 bits per heavy atom. The van der Waals surface area contributed by atoms with Crippen LogP contribution in [0.3, 0.4) is 0 Å². The van der Waals surface area contributed by atoms with Crippen LogP contribution in [0.4, 0.5) is 0 Å². The Labute approximate surface area is 108 Å². The van der Waals surface area contributed by atoms with Gasteiger partial charge in [0.15, 0.2) is 0 Å². The first-order valence-electron chi connectivity index (χ1n) is 5.85. The van der Waals surface area contributed by atoms with Crippen LogP contribution in [0.25, 0.3) is 0 Å². The van der Waals surface area contributed by atoms with Crippen LogP contribution in [-0.4, -0.2) is 13.1 Å². The number of halogens is 1. The van der Waals surface area contributed by atoms with Crippen molar-refractivity contribution >= 4 is 22.9 Å². The first-order valence-corrected chi connectivity index (χ1v) is 7.04. The molecule has 0 fully saturated rings. The molecule has 3 heteroatoms. The average molecular weight is 260 g/mol. The van der Waals surface area contributed by atoms with E-state index in [2.05, 4.69) is 39.2 Å². The molecular formula is C13H22ClNS. The summed E-state index contributed by atoms with van der Waals surface area (Å²) in [6.45, 7) is 6.86. The van der Waals surface area contributed by atoms with Crippen LogP contribution in [0.2, 0.25) is 4.34 Å². The third-order valence-corrected chi connectivity index (χ3v) is 4.23. The summed E-state index contributed by atoms with van der Waals surface area (Å²) >= 11 is 7.61. The number of aryl methyl sites for hydroxylation is 1. The van der Waals surface area contributed by atoms with Crippen molar-refractivity contribution in [1.82, 2.24) is 5.32 Å². The summed E-state index contributed by atoms with van der Waals surface area (Å²) in [6.07, 6.45) is 3.58. The highest BCUT2D eigenvalue weighted by atomic mass is 35.5. The molecule has 0 aliphatic carbocycles. The summed E-state index contributed by atoms with van der Waals surface area (Å²) in [5, 5.41) is 3.41. The largest absolute Gasteiger partial charge is 0.316 e. The van der Waals surface area contributed by atoms with E-state index in [9.17, 15) is 0 Å². The highest BCUT2D eigenvalue weighted by Gasteiger charge is 2.22. The summed E-state index contributed by atoms with van der Waals surface area (Å²) in [7, 11) is 2.05. The maximum atomic E-state index is 5.91. The van der Waals surface area contributed by atoms with Crippen molar-refractivity contribution in [1.29, 1.82) is 0 Å². The van der Waals surface area contributed by atoms with Crippen molar-refractivity contribution in [3.63, 3.8) is 0 Å². The van der Waals surface area contributed by atoms with Gasteiger partial charge < -0.3 is 5.32 Å². The molecule has 0 aliphatic rings. The van der Waals surface area contributed by atoms with E-state index in [-0.39, 0.29) is 0 Å². The summed E-state index contributed by atoms with van der Waals surface area (Å²) in [5.74, 6) is 0. The number of rotatable bonds is 5. The van der Waals surface area contributed by atoms with Crippen LogP contribution in [0.5, 0.6) is 0 Å². The van der Waals surface area contributed by atoms with Crippen LogP contribution in [0.1, 0.15) is 38.5 Å². The fraction of sp³-hybridized carbons (Fsp3) is 0.692. The van der Waals surface area contributed by atoms with Crippen LogP contribution < -0.4 is 5.32 Å². The van der Waals surface area contributed by atoms with E-state index in [1.807, 2.05) is 6.07 Å². The average Bonchev–Trinajstić information content (AvgIpc) is 2.57. The van der Waals surface area contributed by atoms with Crippen molar-refractivity contribution in [3.05, 3.63) is 21.3 Å². The lowest BCUT2D eigenvalue weighted by atomic mass is 9.84. The summed E-state index contributed by atoms with van der Waals surface area (Å²) in [5.41, 5.74) is 0.335. The van der Waals surface area contributed by atoms with Gasteiger partial charge in [-0.1, -0.05) is 32.4 Å². The molecule has 1 nitrogen and oxygen atoms in total. The molecule has 0 amide bonds. The molecule has 0 saturated heterocycles. The zero-order valence-corrected chi connectivity index (χ0v) is 12.2. The van der Waals surface area contributed by atoms with Crippen molar-refractivity contribution < 1.29 is 0 Å². The van der Waals surface area contributed by atoms with Crippen molar-refractivity contribution in [2.24, 2.45) is 5.41 Å². The van der Waals surface area contributed by atoms with Crippen molar-refractivity contribution in [3.8, 4) is 0 Å². The number of hydrogen-bond acceptors (Lipinski definition) is 2. The maximum Gasteiger partial charge on any atom is 0.0931 e. The van der Waals surface area contributed by atoms with E-state index < -0.39 is 0 Å². The lowest BCUT2D eigenvalue weighted by Crippen LogP contribution is -2.37. The molecule has 0 bridgehead atoms. The smallest absolute Gasteiger partial charge is 0.0931 e. The quantitative estimate of drug-likeness (QED) is 0.829. The molecular weight excluding hydrogens is 238 g/mol. The molecule has 16 heavy (non-hydrogen) atoms. The molecule has 1 N–H and O–H groups in total. The van der Waals surface area contributed by atoms with Gasteiger partial charge in [-0.3, -0.25) is 0 Å². The Balaban J connectivity index is 2.34. The summed E-state index contributed by atoms with van der Waals surface area (Å²) in [4.78, 5) is 1.40. The van der Waals surface area contributed by atoms with Crippen molar-refractivity contribution in [2.75, 3.05) is 7.05 Å². The molecule has 0 spiro atoms. The zero-order chi connectivity index (χ0) is 12.2. The van der Waals surface area contributed by atoms with Gasteiger partial charge in [0, 0.05) is 10.9 Å². The lowest BCUT2D eigenvalue weighted by Gasteiger charge is -2.30. The van der Waals surface area contributed by atoms with E-state index in [0.29, 0.717) is 11.5 Å². The van der Waals surface area contributed by atoms with Crippen LogP contribution in [0.15, 0.2) is 12.1 Å². The van der Waals surface area contributed by atoms with Gasteiger partial charge in [0.1, 0.15) is 0 Å². The lowest BCUT2D eigenvalue weighted by molar-refractivity contribution is 0.264. The van der Waals surface area contributed by atoms with Gasteiger partial charge in [0.25, 0.3) is 0 Å². The topological polar surface area (TPSA) is 12.0 Å². The second-order valence-corrected chi connectivity index (χ2v) is 7.10. The number of nitrogens with one attached hydrogen (secondary N) is 1. The van der Waals surface area contributed by atoms with Gasteiger partial charge in [-0.05, 0) is 43.9 Å². The highest BCUT2D eigenvalue weighted by Crippen LogP contribution is 2.26. The van der Waals surface area contributed by atoms with E-state index >= 15 is 0 Å². The first kappa shape index (κ1) is 14.0. The van der Waals surface area contributed by atoms with E-state index in [1.165, 1.54) is 17.7 Å². The molecule has 1 aromatic heterocycles. The third kappa shape index (κ3) is 4.44. The monoisotopic (exact) mass is 259 g/mol. The predicted octanol–water partition coefficient (Wildman–Crippen LogP) is 4.36. The Kier molecular flexibility index (Phi) is 5.29. The third-order valence-electron chi connectivity index (χ3n) is 2.94. The van der Waals surface area contributed by atoms with Gasteiger partial charge in [0.2, 0.25) is 0 Å². The summed E-state index contributed by atoms with van der Waals surface area (Å²) < 4.78 is 0.899. The molecule has 1 unspecified atom stereocenters. The molecule has 0 aliphatic heterocycles. The minimum atomic E-state index is 0.335. The molecule has 1 aromatic rings. The molecule has 0 radical (unpaired) electrons. The molecule has 0 aromatic carbocycles. The van der Waals surface area contributed by atoms with Gasteiger partial charge in [-0.15, -0.1) is 11.3 Å². The molecule has 1 heterocycles. The number of hydrogen-bond donors (Lipinski definition) is 1. The molecule has 0 saturated carbocycles. The molecule has 1 atom stereocenters. The fourth-order valence-corrected chi connectivity index (χ4v) is 3.11.